The van der Waals surface area contributed by atoms with E-state index in [0.717, 1.165) is 18.5 Å². The third-order valence-electron chi connectivity index (χ3n) is 3.54. The van der Waals surface area contributed by atoms with E-state index >= 15 is 0 Å². The van der Waals surface area contributed by atoms with Crippen LogP contribution in [0.3, 0.4) is 0 Å². The summed E-state index contributed by atoms with van der Waals surface area (Å²) < 4.78 is 0. The third kappa shape index (κ3) is 4.98. The van der Waals surface area contributed by atoms with E-state index in [-0.39, 0.29) is 0 Å². The van der Waals surface area contributed by atoms with E-state index in [1.807, 2.05) is 0 Å². The maximum Gasteiger partial charge on any atom is 0.00675 e. The highest BCUT2D eigenvalue weighted by Crippen LogP contribution is 2.19. The topological polar surface area (TPSA) is 15.3 Å². The van der Waals surface area contributed by atoms with Gasteiger partial charge in [0, 0.05) is 12.6 Å². The highest BCUT2D eigenvalue weighted by molar-refractivity contribution is 4.75. The van der Waals surface area contributed by atoms with Gasteiger partial charge in [-0.2, -0.15) is 0 Å². The molecule has 1 heterocycles. The van der Waals surface area contributed by atoms with Crippen molar-refractivity contribution >= 4 is 0 Å². The Morgan fingerprint density at radius 1 is 1.47 bits per heavy atom. The zero-order valence-corrected chi connectivity index (χ0v) is 10.8. The first-order chi connectivity index (χ1) is 7.24. The summed E-state index contributed by atoms with van der Waals surface area (Å²) in [6.07, 6.45) is 5.50. The third-order valence-corrected chi connectivity index (χ3v) is 3.54. The molecule has 0 aliphatic carbocycles. The van der Waals surface area contributed by atoms with E-state index in [9.17, 15) is 0 Å². The molecule has 0 bridgehead atoms. The Bertz CT molecular complexity index is 159. The molecule has 1 saturated heterocycles. The number of hydrogen-bond donors (Lipinski definition) is 1. The van der Waals surface area contributed by atoms with Crippen LogP contribution in [0.5, 0.6) is 0 Å². The summed E-state index contributed by atoms with van der Waals surface area (Å²) in [5.74, 6) is 0.912. The Morgan fingerprint density at radius 2 is 2.27 bits per heavy atom. The summed E-state index contributed by atoms with van der Waals surface area (Å²) in [7, 11) is 0. The zero-order chi connectivity index (χ0) is 11.1. The first-order valence-electron chi connectivity index (χ1n) is 6.68. The molecule has 1 aliphatic heterocycles. The summed E-state index contributed by atoms with van der Waals surface area (Å²) >= 11 is 0. The molecule has 0 aromatic carbocycles. The molecule has 90 valence electrons. The van der Waals surface area contributed by atoms with Crippen LogP contribution in [0.25, 0.3) is 0 Å². The number of nitrogens with zero attached hydrogens (tertiary/aromatic N) is 1. The predicted octanol–water partition coefficient (Wildman–Crippen LogP) is 2.50. The smallest absolute Gasteiger partial charge is 0.00675 e. The summed E-state index contributed by atoms with van der Waals surface area (Å²) in [6.45, 7) is 11.9. The Balaban J connectivity index is 2.12. The molecule has 2 heteroatoms. The molecule has 2 unspecified atom stereocenters. The summed E-state index contributed by atoms with van der Waals surface area (Å²) in [6, 6.07) is 0.784. The van der Waals surface area contributed by atoms with Crippen molar-refractivity contribution in [3.63, 3.8) is 0 Å². The van der Waals surface area contributed by atoms with Gasteiger partial charge in [0.2, 0.25) is 0 Å². The van der Waals surface area contributed by atoms with Crippen LogP contribution in [-0.2, 0) is 0 Å². The van der Waals surface area contributed by atoms with E-state index in [1.165, 1.54) is 45.3 Å². The second-order valence-electron chi connectivity index (χ2n) is 5.09. The van der Waals surface area contributed by atoms with E-state index in [0.29, 0.717) is 0 Å². The lowest BCUT2D eigenvalue weighted by molar-refractivity contribution is 0.131. The highest BCUT2D eigenvalue weighted by atomic mass is 15.2. The summed E-state index contributed by atoms with van der Waals surface area (Å²) in [4.78, 5) is 2.68. The van der Waals surface area contributed by atoms with Gasteiger partial charge < -0.3 is 10.2 Å². The van der Waals surface area contributed by atoms with E-state index in [2.05, 4.69) is 31.0 Å². The Hall–Kier alpha value is -0.0800. The molecular formula is C13H28N2. The van der Waals surface area contributed by atoms with Crippen molar-refractivity contribution in [3.05, 3.63) is 0 Å². The molecule has 0 saturated carbocycles. The fourth-order valence-electron chi connectivity index (χ4n) is 2.51. The molecule has 0 aromatic heterocycles. The van der Waals surface area contributed by atoms with Gasteiger partial charge in [-0.15, -0.1) is 0 Å². The lowest BCUT2D eigenvalue weighted by Gasteiger charge is -2.35. The van der Waals surface area contributed by atoms with Crippen LogP contribution in [0.1, 0.15) is 46.5 Å². The molecule has 1 aliphatic rings. The molecule has 1 fully saturated rings. The van der Waals surface area contributed by atoms with Crippen LogP contribution in [0, 0.1) is 5.92 Å². The fraction of sp³-hybridized carbons (Fsp3) is 1.00. The van der Waals surface area contributed by atoms with Gasteiger partial charge >= 0.3 is 0 Å². The van der Waals surface area contributed by atoms with Crippen molar-refractivity contribution in [1.82, 2.24) is 10.2 Å². The number of nitrogens with one attached hydrogen (secondary N) is 1. The van der Waals surface area contributed by atoms with Crippen LogP contribution >= 0.6 is 0 Å². The van der Waals surface area contributed by atoms with Gasteiger partial charge in [0.25, 0.3) is 0 Å². The molecule has 0 aromatic rings. The highest BCUT2D eigenvalue weighted by Gasteiger charge is 2.20. The van der Waals surface area contributed by atoms with Gasteiger partial charge in [-0.25, -0.2) is 0 Å². The van der Waals surface area contributed by atoms with Gasteiger partial charge in [-0.05, 0) is 58.2 Å². The summed E-state index contributed by atoms with van der Waals surface area (Å²) in [5, 5.41) is 3.40. The van der Waals surface area contributed by atoms with Crippen molar-refractivity contribution in [2.75, 3.05) is 26.2 Å². The van der Waals surface area contributed by atoms with Crippen LogP contribution in [0.2, 0.25) is 0 Å². The minimum Gasteiger partial charge on any atom is -0.317 e. The quantitative estimate of drug-likeness (QED) is 0.681. The number of piperidine rings is 1. The van der Waals surface area contributed by atoms with Crippen molar-refractivity contribution in [2.24, 2.45) is 5.92 Å². The minimum absolute atomic E-state index is 0.784. The molecule has 15 heavy (non-hydrogen) atoms. The molecule has 2 nitrogen and oxygen atoms in total. The van der Waals surface area contributed by atoms with Crippen molar-refractivity contribution in [3.8, 4) is 0 Å². The average molecular weight is 212 g/mol. The van der Waals surface area contributed by atoms with E-state index in [1.54, 1.807) is 0 Å². The maximum absolute atomic E-state index is 3.40. The Kier molecular flexibility index (Phi) is 6.26. The van der Waals surface area contributed by atoms with Crippen LogP contribution in [0.4, 0.5) is 0 Å². The molecular weight excluding hydrogens is 184 g/mol. The molecule has 0 amide bonds. The van der Waals surface area contributed by atoms with E-state index in [4.69, 9.17) is 0 Å². The second-order valence-corrected chi connectivity index (χ2v) is 5.09. The molecule has 0 radical (unpaired) electrons. The lowest BCUT2D eigenvalue weighted by atomic mass is 9.98. The SMILES string of the molecule is CCNCCCC(C)N1CCCC(C)C1. The fourth-order valence-corrected chi connectivity index (χ4v) is 2.51. The first kappa shape index (κ1) is 13.0. The monoisotopic (exact) mass is 212 g/mol. The van der Waals surface area contributed by atoms with Crippen LogP contribution < -0.4 is 5.32 Å². The minimum atomic E-state index is 0.784. The molecule has 1 N–H and O–H groups in total. The maximum atomic E-state index is 3.40. The zero-order valence-electron chi connectivity index (χ0n) is 10.8. The van der Waals surface area contributed by atoms with Gasteiger partial charge in [-0.3, -0.25) is 0 Å². The van der Waals surface area contributed by atoms with Gasteiger partial charge in [0.15, 0.2) is 0 Å². The Labute approximate surface area is 95.4 Å². The summed E-state index contributed by atoms with van der Waals surface area (Å²) in [5.41, 5.74) is 0. The first-order valence-corrected chi connectivity index (χ1v) is 6.68. The van der Waals surface area contributed by atoms with Crippen LogP contribution in [0.15, 0.2) is 0 Å². The van der Waals surface area contributed by atoms with Crippen molar-refractivity contribution in [1.29, 1.82) is 0 Å². The van der Waals surface area contributed by atoms with Crippen LogP contribution in [-0.4, -0.2) is 37.1 Å². The largest absolute Gasteiger partial charge is 0.317 e. The Morgan fingerprint density at radius 3 is 2.93 bits per heavy atom. The molecule has 2 atom stereocenters. The molecule has 0 spiro atoms. The number of rotatable bonds is 6. The van der Waals surface area contributed by atoms with Gasteiger partial charge in [0.1, 0.15) is 0 Å². The molecule has 1 rings (SSSR count). The van der Waals surface area contributed by atoms with E-state index < -0.39 is 0 Å². The number of likely N-dealkylation sites (tertiary alicyclic amines) is 1. The standard InChI is InChI=1S/C13H28N2/c1-4-14-9-5-8-13(3)15-10-6-7-12(2)11-15/h12-14H,4-11H2,1-3H3. The predicted molar refractivity (Wildman–Crippen MR) is 67.2 cm³/mol. The van der Waals surface area contributed by atoms with Gasteiger partial charge in [0.05, 0.1) is 0 Å². The lowest BCUT2D eigenvalue weighted by Crippen LogP contribution is -2.40. The van der Waals surface area contributed by atoms with Crippen molar-refractivity contribution in [2.45, 2.75) is 52.5 Å². The van der Waals surface area contributed by atoms with Crippen molar-refractivity contribution < 1.29 is 0 Å². The number of hydrogen-bond acceptors (Lipinski definition) is 2. The normalized spacial score (nSPS) is 25.4. The second kappa shape index (κ2) is 7.24. The average Bonchev–Trinajstić information content (AvgIpc) is 2.24. The van der Waals surface area contributed by atoms with Gasteiger partial charge in [-0.1, -0.05) is 13.8 Å².